The molecule has 0 bridgehead atoms. The van der Waals surface area contributed by atoms with Crippen LogP contribution < -0.4 is 0 Å². The highest BCUT2D eigenvalue weighted by Crippen LogP contribution is 2.45. The Kier molecular flexibility index (Phi) is 3.48. The Morgan fingerprint density at radius 3 is 2.44 bits per heavy atom. The first-order valence-corrected chi connectivity index (χ1v) is 9.12. The first kappa shape index (κ1) is 12.6. The van der Waals surface area contributed by atoms with E-state index < -0.39 is 0 Å². The highest BCUT2D eigenvalue weighted by molar-refractivity contribution is 7.38. The van der Waals surface area contributed by atoms with E-state index in [1.165, 1.54) is 36.5 Å². The molecule has 0 amide bonds. The molecule has 1 unspecified atom stereocenters. The Hall–Kier alpha value is -0.380. The summed E-state index contributed by atoms with van der Waals surface area (Å²) in [6.07, 6.45) is 3.75. The van der Waals surface area contributed by atoms with Crippen LogP contribution in [0.1, 0.15) is 49.3 Å². The van der Waals surface area contributed by atoms with Gasteiger partial charge in [-0.2, -0.15) is 0 Å². The Bertz CT molecular complexity index is 668. The lowest BCUT2D eigenvalue weighted by molar-refractivity contribution is 0.675. The Morgan fingerprint density at radius 1 is 1.00 bits per heavy atom. The summed E-state index contributed by atoms with van der Waals surface area (Å²) >= 11 is 5.99. The molecule has 0 aliphatic heterocycles. The largest absolute Gasteiger partial charge is 0.138 e. The van der Waals surface area contributed by atoms with Gasteiger partial charge in [-0.15, -0.1) is 34.0 Å². The lowest BCUT2D eigenvalue weighted by Gasteiger charge is -2.05. The molecule has 0 saturated carbocycles. The highest BCUT2D eigenvalue weighted by Gasteiger charge is 2.15. The van der Waals surface area contributed by atoms with Crippen LogP contribution in [0.15, 0.2) is 12.1 Å². The zero-order valence-electron chi connectivity index (χ0n) is 11.1. The van der Waals surface area contributed by atoms with Crippen molar-refractivity contribution < 1.29 is 0 Å². The molecule has 96 valence electrons. The van der Waals surface area contributed by atoms with Crippen LogP contribution in [0.4, 0.5) is 0 Å². The normalized spacial score (nSPS) is 13.7. The summed E-state index contributed by atoms with van der Waals surface area (Å²) in [5, 5.41) is 0. The summed E-state index contributed by atoms with van der Waals surface area (Å²) in [5.41, 5.74) is 0. The lowest BCUT2D eigenvalue weighted by Crippen LogP contribution is -1.87. The van der Waals surface area contributed by atoms with Gasteiger partial charge in [0, 0.05) is 19.2 Å². The molecule has 3 heterocycles. The van der Waals surface area contributed by atoms with Crippen molar-refractivity contribution in [3.63, 3.8) is 0 Å². The zero-order chi connectivity index (χ0) is 12.7. The number of thiophene rings is 3. The molecule has 3 aromatic rings. The Morgan fingerprint density at radius 2 is 1.72 bits per heavy atom. The number of hydrogen-bond acceptors (Lipinski definition) is 3. The van der Waals surface area contributed by atoms with Gasteiger partial charge in [-0.3, -0.25) is 0 Å². The van der Waals surface area contributed by atoms with Crippen molar-refractivity contribution in [2.75, 3.05) is 0 Å². The van der Waals surface area contributed by atoms with Crippen LogP contribution in [0.2, 0.25) is 0 Å². The summed E-state index contributed by atoms with van der Waals surface area (Å²) in [4.78, 5) is 3.10. The number of fused-ring (bicyclic) bond motifs is 3. The molecular weight excluding hydrogens is 276 g/mol. The van der Waals surface area contributed by atoms with Crippen molar-refractivity contribution in [3.05, 3.63) is 21.9 Å². The number of rotatable bonds is 4. The molecule has 3 aromatic heterocycles. The monoisotopic (exact) mass is 294 g/mol. The maximum atomic E-state index is 2.43. The van der Waals surface area contributed by atoms with Gasteiger partial charge in [-0.25, -0.2) is 0 Å². The third-order valence-electron chi connectivity index (χ3n) is 3.45. The van der Waals surface area contributed by atoms with E-state index in [1.54, 1.807) is 4.88 Å². The molecule has 0 nitrogen and oxygen atoms in total. The van der Waals surface area contributed by atoms with Crippen LogP contribution in [-0.2, 0) is 6.42 Å². The van der Waals surface area contributed by atoms with Crippen molar-refractivity contribution in [2.24, 2.45) is 0 Å². The summed E-state index contributed by atoms with van der Waals surface area (Å²) < 4.78 is 6.07. The van der Waals surface area contributed by atoms with Crippen LogP contribution in [0.5, 0.6) is 0 Å². The van der Waals surface area contributed by atoms with Gasteiger partial charge in [0.2, 0.25) is 0 Å². The molecule has 18 heavy (non-hydrogen) atoms. The predicted molar refractivity (Wildman–Crippen MR) is 87.8 cm³/mol. The molecule has 0 radical (unpaired) electrons. The van der Waals surface area contributed by atoms with E-state index in [9.17, 15) is 0 Å². The quantitative estimate of drug-likeness (QED) is 0.505. The maximum absolute atomic E-state index is 2.43. The van der Waals surface area contributed by atoms with E-state index in [-0.39, 0.29) is 0 Å². The van der Waals surface area contributed by atoms with Gasteiger partial charge < -0.3 is 0 Å². The summed E-state index contributed by atoms with van der Waals surface area (Å²) in [7, 11) is 0. The standard InChI is InChI=1S/C15H18S3/c1-4-6-9(3)11-8-13-15(18-11)14-12(17-13)7-10(5-2)16-14/h7-9H,4-6H2,1-3H3. The van der Waals surface area contributed by atoms with E-state index in [0.717, 1.165) is 12.3 Å². The molecule has 0 fully saturated rings. The van der Waals surface area contributed by atoms with Gasteiger partial charge in [0.05, 0.1) is 9.40 Å². The number of hydrogen-bond donors (Lipinski definition) is 0. The minimum Gasteiger partial charge on any atom is -0.138 e. The predicted octanol–water partition coefficient (Wildman–Crippen LogP) is 6.64. The SMILES string of the molecule is CCCC(C)c1cc2sc3cc(CC)sc3c2s1. The van der Waals surface area contributed by atoms with E-state index in [1.807, 2.05) is 34.0 Å². The molecule has 3 heteroatoms. The first-order chi connectivity index (χ1) is 8.72. The summed E-state index contributed by atoms with van der Waals surface area (Å²) in [5.74, 6) is 0.722. The van der Waals surface area contributed by atoms with Crippen LogP contribution >= 0.6 is 34.0 Å². The van der Waals surface area contributed by atoms with Crippen molar-refractivity contribution in [1.82, 2.24) is 0 Å². The second-order valence-corrected chi connectivity index (χ2v) is 8.20. The average Bonchev–Trinajstić information content (AvgIpc) is 2.97. The van der Waals surface area contributed by atoms with Crippen LogP contribution in [-0.4, -0.2) is 0 Å². The molecule has 0 spiro atoms. The fraction of sp³-hybridized carbons (Fsp3) is 0.467. The molecule has 0 aliphatic rings. The van der Waals surface area contributed by atoms with Gasteiger partial charge in [-0.1, -0.05) is 27.2 Å². The molecule has 3 rings (SSSR count). The third kappa shape index (κ3) is 2.02. The van der Waals surface area contributed by atoms with E-state index in [4.69, 9.17) is 0 Å². The van der Waals surface area contributed by atoms with Crippen LogP contribution in [0.25, 0.3) is 18.8 Å². The second-order valence-electron chi connectivity index (χ2n) is 4.89. The van der Waals surface area contributed by atoms with E-state index in [2.05, 4.69) is 32.9 Å². The molecule has 0 N–H and O–H groups in total. The molecule has 1 atom stereocenters. The van der Waals surface area contributed by atoms with Gasteiger partial charge in [0.1, 0.15) is 0 Å². The lowest BCUT2D eigenvalue weighted by atomic mass is 10.1. The second kappa shape index (κ2) is 4.95. The molecule has 0 saturated heterocycles. The van der Waals surface area contributed by atoms with Gasteiger partial charge in [0.15, 0.2) is 0 Å². The third-order valence-corrected chi connectivity index (χ3v) is 7.60. The Balaban J connectivity index is 2.08. The van der Waals surface area contributed by atoms with Crippen molar-refractivity contribution in [2.45, 2.75) is 46.0 Å². The van der Waals surface area contributed by atoms with Crippen molar-refractivity contribution >= 4 is 52.8 Å². The Labute approximate surface area is 120 Å². The minimum absolute atomic E-state index is 0.722. The van der Waals surface area contributed by atoms with Crippen LogP contribution in [0.3, 0.4) is 0 Å². The van der Waals surface area contributed by atoms with Crippen LogP contribution in [0, 0.1) is 0 Å². The van der Waals surface area contributed by atoms with Crippen molar-refractivity contribution in [3.8, 4) is 0 Å². The van der Waals surface area contributed by atoms with Gasteiger partial charge in [0.25, 0.3) is 0 Å². The topological polar surface area (TPSA) is 0 Å². The van der Waals surface area contributed by atoms with E-state index in [0.29, 0.717) is 0 Å². The number of aryl methyl sites for hydroxylation is 1. The highest BCUT2D eigenvalue weighted by atomic mass is 32.1. The fourth-order valence-corrected chi connectivity index (χ4v) is 6.47. The zero-order valence-corrected chi connectivity index (χ0v) is 13.5. The van der Waals surface area contributed by atoms with Gasteiger partial charge in [-0.05, 0) is 30.9 Å². The molecular formula is C15H18S3. The maximum Gasteiger partial charge on any atom is 0.0632 e. The molecule has 0 aromatic carbocycles. The fourth-order valence-electron chi connectivity index (χ4n) is 2.39. The minimum atomic E-state index is 0.722. The van der Waals surface area contributed by atoms with Gasteiger partial charge >= 0.3 is 0 Å². The molecule has 0 aliphatic carbocycles. The summed E-state index contributed by atoms with van der Waals surface area (Å²) in [6.45, 7) is 6.88. The van der Waals surface area contributed by atoms with E-state index >= 15 is 0 Å². The smallest absolute Gasteiger partial charge is 0.0632 e. The first-order valence-electron chi connectivity index (χ1n) is 6.67. The average molecular weight is 295 g/mol. The summed E-state index contributed by atoms with van der Waals surface area (Å²) in [6, 6.07) is 4.82. The van der Waals surface area contributed by atoms with Crippen molar-refractivity contribution in [1.29, 1.82) is 0 Å².